The Morgan fingerprint density at radius 3 is 2.70 bits per heavy atom. The second kappa shape index (κ2) is 7.45. The highest BCUT2D eigenvalue weighted by atomic mass is 16.6. The van der Waals surface area contributed by atoms with E-state index < -0.39 is 0 Å². The van der Waals surface area contributed by atoms with Crippen molar-refractivity contribution in [1.29, 1.82) is 5.26 Å². The summed E-state index contributed by atoms with van der Waals surface area (Å²) in [7, 11) is 0. The normalized spacial score (nSPS) is 25.4. The fourth-order valence-corrected chi connectivity index (χ4v) is 4.44. The summed E-state index contributed by atoms with van der Waals surface area (Å²) in [6, 6.07) is 5.91. The van der Waals surface area contributed by atoms with E-state index in [1.54, 1.807) is 0 Å². The van der Waals surface area contributed by atoms with Crippen LogP contribution in [0, 0.1) is 23.7 Å². The molecule has 1 atom stereocenters. The Morgan fingerprint density at radius 2 is 2.00 bits per heavy atom. The third kappa shape index (κ3) is 3.64. The van der Waals surface area contributed by atoms with Crippen molar-refractivity contribution in [2.45, 2.75) is 32.3 Å². The van der Waals surface area contributed by atoms with Gasteiger partial charge in [-0.1, -0.05) is 0 Å². The predicted molar refractivity (Wildman–Crippen MR) is 99.3 cm³/mol. The molecule has 3 aliphatic heterocycles. The van der Waals surface area contributed by atoms with E-state index >= 15 is 0 Å². The third-order valence-corrected chi connectivity index (χ3v) is 6.05. The molecule has 0 saturated carbocycles. The summed E-state index contributed by atoms with van der Waals surface area (Å²) in [5.41, 5.74) is 1.12. The molecule has 7 heteroatoms. The molecule has 1 spiro atoms. The molecular formula is C20H26N4O3. The molecule has 0 radical (unpaired) electrons. The van der Waals surface area contributed by atoms with Gasteiger partial charge >= 0.3 is 5.97 Å². The lowest BCUT2D eigenvalue weighted by Crippen LogP contribution is -2.43. The number of rotatable bonds is 3. The number of aromatic nitrogens is 1. The number of ether oxygens (including phenoxy) is 2. The largest absolute Gasteiger partial charge is 0.461 e. The minimum absolute atomic E-state index is 0.0195. The predicted octanol–water partition coefficient (Wildman–Crippen LogP) is 1.50. The second-order valence-electron chi connectivity index (χ2n) is 7.85. The number of nitrogens with zero attached hydrogens (tertiary/aromatic N) is 4. The Kier molecular flexibility index (Phi) is 5.02. The molecule has 3 saturated heterocycles. The van der Waals surface area contributed by atoms with Crippen LogP contribution in [-0.2, 0) is 14.3 Å². The number of anilines is 1. The van der Waals surface area contributed by atoms with Gasteiger partial charge in [0.2, 0.25) is 0 Å². The maximum absolute atomic E-state index is 12.7. The van der Waals surface area contributed by atoms with Crippen LogP contribution in [0.15, 0.2) is 12.1 Å². The molecule has 3 fully saturated rings. The molecule has 1 unspecified atom stereocenters. The molecule has 0 bridgehead atoms. The van der Waals surface area contributed by atoms with Gasteiger partial charge in [0, 0.05) is 44.8 Å². The van der Waals surface area contributed by atoms with Gasteiger partial charge in [-0.3, -0.25) is 9.69 Å². The van der Waals surface area contributed by atoms with Crippen molar-refractivity contribution in [3.8, 4) is 6.07 Å². The Morgan fingerprint density at radius 1 is 1.26 bits per heavy atom. The third-order valence-electron chi connectivity index (χ3n) is 6.05. The van der Waals surface area contributed by atoms with E-state index in [0.29, 0.717) is 5.56 Å². The monoisotopic (exact) mass is 370 g/mol. The maximum atomic E-state index is 12.7. The lowest BCUT2D eigenvalue weighted by atomic mass is 9.76. The van der Waals surface area contributed by atoms with E-state index in [2.05, 4.69) is 20.9 Å². The van der Waals surface area contributed by atoms with Crippen molar-refractivity contribution >= 4 is 11.8 Å². The topological polar surface area (TPSA) is 78.7 Å². The molecule has 0 amide bonds. The van der Waals surface area contributed by atoms with Crippen LogP contribution in [0.5, 0.6) is 0 Å². The molecule has 4 heterocycles. The first-order chi connectivity index (χ1) is 13.1. The van der Waals surface area contributed by atoms with Gasteiger partial charge in [-0.05, 0) is 31.9 Å². The number of carbonyl (C=O) groups is 1. The Balaban J connectivity index is 1.40. The fourth-order valence-electron chi connectivity index (χ4n) is 4.44. The van der Waals surface area contributed by atoms with Crippen molar-refractivity contribution in [2.75, 3.05) is 50.8 Å². The van der Waals surface area contributed by atoms with Gasteiger partial charge in [0.05, 0.1) is 24.2 Å². The first-order valence-corrected chi connectivity index (χ1v) is 9.73. The Labute approximate surface area is 159 Å². The zero-order valence-electron chi connectivity index (χ0n) is 15.8. The number of carbonyl (C=O) groups excluding carboxylic acids is 1. The molecule has 4 rings (SSSR count). The second-order valence-corrected chi connectivity index (χ2v) is 7.85. The molecule has 0 aromatic carbocycles. The lowest BCUT2D eigenvalue weighted by Gasteiger charge is -2.37. The summed E-state index contributed by atoms with van der Waals surface area (Å²) in [5, 5.41) is 9.37. The van der Waals surface area contributed by atoms with E-state index in [4.69, 9.17) is 9.47 Å². The van der Waals surface area contributed by atoms with Crippen LogP contribution in [-0.4, -0.2) is 67.9 Å². The number of nitriles is 1. The SMILES string of the molecule is Cc1ccc(C#N)c(N2CCC3(CC2)CC(CN2CCOCC2)OC3=O)n1. The first kappa shape index (κ1) is 18.2. The van der Waals surface area contributed by atoms with Crippen LogP contribution < -0.4 is 4.90 Å². The molecular weight excluding hydrogens is 344 g/mol. The highest BCUT2D eigenvalue weighted by molar-refractivity contribution is 5.79. The number of hydrogen-bond donors (Lipinski definition) is 0. The average molecular weight is 370 g/mol. The summed E-state index contributed by atoms with van der Waals surface area (Å²) in [6.45, 7) is 7.51. The van der Waals surface area contributed by atoms with Crippen LogP contribution in [0.1, 0.15) is 30.5 Å². The van der Waals surface area contributed by atoms with Gasteiger partial charge in [-0.25, -0.2) is 4.98 Å². The van der Waals surface area contributed by atoms with Crippen molar-refractivity contribution in [3.05, 3.63) is 23.4 Å². The van der Waals surface area contributed by atoms with Crippen LogP contribution in [0.25, 0.3) is 0 Å². The van der Waals surface area contributed by atoms with Crippen molar-refractivity contribution in [3.63, 3.8) is 0 Å². The minimum Gasteiger partial charge on any atom is -0.461 e. The van der Waals surface area contributed by atoms with E-state index in [-0.39, 0.29) is 17.5 Å². The number of esters is 1. The first-order valence-electron chi connectivity index (χ1n) is 9.73. The van der Waals surface area contributed by atoms with Crippen molar-refractivity contribution in [1.82, 2.24) is 9.88 Å². The minimum atomic E-state index is -0.371. The van der Waals surface area contributed by atoms with Crippen molar-refractivity contribution in [2.24, 2.45) is 5.41 Å². The molecule has 144 valence electrons. The summed E-state index contributed by atoms with van der Waals surface area (Å²) in [6.07, 6.45) is 2.29. The van der Waals surface area contributed by atoms with Gasteiger partial charge < -0.3 is 14.4 Å². The molecule has 0 aliphatic carbocycles. The number of aryl methyl sites for hydroxylation is 1. The highest BCUT2D eigenvalue weighted by Crippen LogP contribution is 2.44. The summed E-state index contributed by atoms with van der Waals surface area (Å²) >= 11 is 0. The van der Waals surface area contributed by atoms with E-state index in [0.717, 1.165) is 76.7 Å². The van der Waals surface area contributed by atoms with Crippen LogP contribution in [0.3, 0.4) is 0 Å². The van der Waals surface area contributed by atoms with Crippen LogP contribution in [0.4, 0.5) is 5.82 Å². The molecule has 27 heavy (non-hydrogen) atoms. The Hall–Kier alpha value is -2.17. The van der Waals surface area contributed by atoms with Gasteiger partial charge in [0.25, 0.3) is 0 Å². The zero-order valence-corrected chi connectivity index (χ0v) is 15.8. The zero-order chi connectivity index (χ0) is 18.9. The number of hydrogen-bond acceptors (Lipinski definition) is 7. The van der Waals surface area contributed by atoms with E-state index in [9.17, 15) is 10.1 Å². The van der Waals surface area contributed by atoms with Crippen LogP contribution >= 0.6 is 0 Å². The number of piperidine rings is 1. The molecule has 0 N–H and O–H groups in total. The Bertz CT molecular complexity index is 746. The molecule has 1 aromatic heterocycles. The molecule has 3 aliphatic rings. The standard InChI is InChI=1S/C20H26N4O3/c1-15-2-3-16(13-21)18(22-15)24-6-4-20(5-7-24)12-17(27-19(20)25)14-23-8-10-26-11-9-23/h2-3,17H,4-12,14H2,1H3. The molecule has 7 nitrogen and oxygen atoms in total. The number of pyridine rings is 1. The summed E-state index contributed by atoms with van der Waals surface area (Å²) < 4.78 is 11.1. The number of morpholine rings is 1. The summed E-state index contributed by atoms with van der Waals surface area (Å²) in [4.78, 5) is 21.7. The lowest BCUT2D eigenvalue weighted by molar-refractivity contribution is -0.150. The van der Waals surface area contributed by atoms with Gasteiger partial charge in [0.1, 0.15) is 18.0 Å². The fraction of sp³-hybridized carbons (Fsp3) is 0.650. The van der Waals surface area contributed by atoms with E-state index in [1.807, 2.05) is 19.1 Å². The van der Waals surface area contributed by atoms with Crippen LogP contribution in [0.2, 0.25) is 0 Å². The van der Waals surface area contributed by atoms with Gasteiger partial charge in [-0.2, -0.15) is 5.26 Å². The highest BCUT2D eigenvalue weighted by Gasteiger charge is 2.50. The average Bonchev–Trinajstić information content (AvgIpc) is 2.97. The van der Waals surface area contributed by atoms with Gasteiger partial charge in [0.15, 0.2) is 0 Å². The molecule has 1 aromatic rings. The summed E-state index contributed by atoms with van der Waals surface area (Å²) in [5.74, 6) is 0.696. The van der Waals surface area contributed by atoms with E-state index in [1.165, 1.54) is 0 Å². The maximum Gasteiger partial charge on any atom is 0.312 e. The smallest absolute Gasteiger partial charge is 0.312 e. The number of cyclic esters (lactones) is 1. The van der Waals surface area contributed by atoms with Gasteiger partial charge in [-0.15, -0.1) is 0 Å². The quantitative estimate of drug-likeness (QED) is 0.746. The van der Waals surface area contributed by atoms with Crippen molar-refractivity contribution < 1.29 is 14.3 Å².